The molecule has 16 heavy (non-hydrogen) atoms. The molecule has 82 valence electrons. The third kappa shape index (κ3) is 2.25. The smallest absolute Gasteiger partial charge is 0.203 e. The van der Waals surface area contributed by atoms with Crippen molar-refractivity contribution in [1.82, 2.24) is 15.2 Å². The molecule has 1 aromatic heterocycles. The molecule has 0 fully saturated rings. The van der Waals surface area contributed by atoms with Crippen molar-refractivity contribution in [2.75, 3.05) is 0 Å². The highest BCUT2D eigenvalue weighted by molar-refractivity contribution is 6.31. The van der Waals surface area contributed by atoms with Crippen molar-refractivity contribution in [2.45, 2.75) is 6.42 Å². The molecule has 0 unspecified atom stereocenters. The lowest BCUT2D eigenvalue weighted by Gasteiger charge is -2.01. The van der Waals surface area contributed by atoms with E-state index in [-0.39, 0.29) is 23.1 Å². The van der Waals surface area contributed by atoms with Gasteiger partial charge in [0.1, 0.15) is 12.1 Å². The lowest BCUT2D eigenvalue weighted by atomic mass is 10.1. The first-order chi connectivity index (χ1) is 7.66. The fourth-order valence-corrected chi connectivity index (χ4v) is 1.50. The Bertz CT molecular complexity index is 513. The predicted octanol–water partition coefficient (Wildman–Crippen LogP) is 2.02. The van der Waals surface area contributed by atoms with E-state index < -0.39 is 5.82 Å². The molecule has 0 bridgehead atoms. The second-order valence-corrected chi connectivity index (χ2v) is 3.58. The second kappa shape index (κ2) is 4.40. The van der Waals surface area contributed by atoms with E-state index in [9.17, 15) is 9.18 Å². The van der Waals surface area contributed by atoms with E-state index in [2.05, 4.69) is 15.2 Å². The predicted molar refractivity (Wildman–Crippen MR) is 55.8 cm³/mol. The Morgan fingerprint density at radius 1 is 1.50 bits per heavy atom. The topological polar surface area (TPSA) is 58.6 Å². The molecule has 0 spiro atoms. The average molecular weight is 240 g/mol. The summed E-state index contributed by atoms with van der Waals surface area (Å²) < 4.78 is 12.8. The number of Topliss-reactive ketones (excluding diaryl/α,β-unsaturated/α-hetero) is 1. The Labute approximate surface area is 95.5 Å². The van der Waals surface area contributed by atoms with Gasteiger partial charge in [-0.05, 0) is 17.7 Å². The second-order valence-electron chi connectivity index (χ2n) is 3.17. The zero-order chi connectivity index (χ0) is 11.5. The normalized spacial score (nSPS) is 10.4. The van der Waals surface area contributed by atoms with Crippen molar-refractivity contribution in [3.63, 3.8) is 0 Å². The van der Waals surface area contributed by atoms with Crippen LogP contribution in [0, 0.1) is 5.82 Å². The molecule has 4 nitrogen and oxygen atoms in total. The van der Waals surface area contributed by atoms with Gasteiger partial charge < -0.3 is 0 Å². The van der Waals surface area contributed by atoms with Crippen LogP contribution in [-0.4, -0.2) is 21.0 Å². The Morgan fingerprint density at radius 2 is 2.31 bits per heavy atom. The summed E-state index contributed by atoms with van der Waals surface area (Å²) in [6, 6.07) is 3.91. The first-order valence-corrected chi connectivity index (χ1v) is 4.87. The van der Waals surface area contributed by atoms with Crippen molar-refractivity contribution in [3.05, 3.63) is 46.8 Å². The minimum atomic E-state index is -0.430. The molecule has 6 heteroatoms. The fraction of sp³-hybridized carbons (Fsp3) is 0.100. The van der Waals surface area contributed by atoms with Gasteiger partial charge in [0.15, 0.2) is 5.82 Å². The maximum atomic E-state index is 12.8. The molecule has 2 aromatic rings. The molecule has 0 radical (unpaired) electrons. The Balaban J connectivity index is 2.18. The summed E-state index contributed by atoms with van der Waals surface area (Å²) in [7, 11) is 0. The molecular weight excluding hydrogens is 233 g/mol. The minimum Gasteiger partial charge on any atom is -0.290 e. The van der Waals surface area contributed by atoms with Crippen LogP contribution in [0.15, 0.2) is 24.5 Å². The highest BCUT2D eigenvalue weighted by Crippen LogP contribution is 2.18. The molecule has 0 atom stereocenters. The minimum absolute atomic E-state index is 0.0638. The van der Waals surface area contributed by atoms with Gasteiger partial charge in [-0.25, -0.2) is 9.37 Å². The number of aromatic nitrogens is 3. The van der Waals surface area contributed by atoms with Crippen LogP contribution < -0.4 is 0 Å². The highest BCUT2D eigenvalue weighted by atomic mass is 35.5. The number of halogens is 2. The van der Waals surface area contributed by atoms with Crippen molar-refractivity contribution in [2.24, 2.45) is 0 Å². The van der Waals surface area contributed by atoms with E-state index in [0.717, 1.165) is 0 Å². The molecule has 1 aromatic carbocycles. The van der Waals surface area contributed by atoms with Gasteiger partial charge in [0.2, 0.25) is 5.78 Å². The number of hydrogen-bond acceptors (Lipinski definition) is 3. The van der Waals surface area contributed by atoms with Crippen LogP contribution in [-0.2, 0) is 6.42 Å². The van der Waals surface area contributed by atoms with Crippen LogP contribution in [0.25, 0.3) is 0 Å². The number of ketones is 1. The number of carbonyl (C=O) groups excluding carboxylic acids is 1. The lowest BCUT2D eigenvalue weighted by Crippen LogP contribution is -2.06. The zero-order valence-electron chi connectivity index (χ0n) is 8.08. The van der Waals surface area contributed by atoms with Crippen LogP contribution in [0.5, 0.6) is 0 Å². The van der Waals surface area contributed by atoms with Gasteiger partial charge in [0, 0.05) is 11.4 Å². The molecule has 1 N–H and O–H groups in total. The number of aromatic amines is 1. The van der Waals surface area contributed by atoms with Gasteiger partial charge >= 0.3 is 0 Å². The third-order valence-electron chi connectivity index (χ3n) is 2.05. The van der Waals surface area contributed by atoms with Gasteiger partial charge in [0.05, 0.1) is 0 Å². The molecule has 0 saturated carbocycles. The zero-order valence-corrected chi connectivity index (χ0v) is 8.83. The molecule has 0 aliphatic carbocycles. The summed E-state index contributed by atoms with van der Waals surface area (Å²) >= 11 is 5.80. The van der Waals surface area contributed by atoms with Gasteiger partial charge in [0.25, 0.3) is 0 Å². The molecular formula is C10H7ClFN3O. The third-order valence-corrected chi connectivity index (χ3v) is 2.40. The van der Waals surface area contributed by atoms with E-state index in [4.69, 9.17) is 11.6 Å². The Hall–Kier alpha value is -1.75. The largest absolute Gasteiger partial charge is 0.290 e. The quantitative estimate of drug-likeness (QED) is 0.834. The summed E-state index contributed by atoms with van der Waals surface area (Å²) in [6.07, 6.45) is 1.31. The van der Waals surface area contributed by atoms with Crippen molar-refractivity contribution in [1.29, 1.82) is 0 Å². The highest BCUT2D eigenvalue weighted by Gasteiger charge is 2.12. The van der Waals surface area contributed by atoms with Crippen LogP contribution in [0.3, 0.4) is 0 Å². The van der Waals surface area contributed by atoms with Crippen LogP contribution in [0.2, 0.25) is 5.02 Å². The average Bonchev–Trinajstić information content (AvgIpc) is 2.75. The molecule has 0 amide bonds. The van der Waals surface area contributed by atoms with Crippen molar-refractivity contribution < 1.29 is 9.18 Å². The van der Waals surface area contributed by atoms with E-state index in [0.29, 0.717) is 5.56 Å². The number of nitrogens with one attached hydrogen (secondary N) is 1. The Morgan fingerprint density at radius 3 is 2.94 bits per heavy atom. The molecule has 0 aliphatic heterocycles. The maximum absolute atomic E-state index is 12.8. The first-order valence-electron chi connectivity index (χ1n) is 4.49. The number of H-pyrrole nitrogens is 1. The van der Waals surface area contributed by atoms with Gasteiger partial charge in [-0.3, -0.25) is 9.89 Å². The van der Waals surface area contributed by atoms with E-state index in [1.807, 2.05) is 0 Å². The molecule has 2 rings (SSSR count). The lowest BCUT2D eigenvalue weighted by molar-refractivity contribution is 0.0983. The number of hydrogen-bond donors (Lipinski definition) is 1. The SMILES string of the molecule is O=C(Cc1ccc(F)cc1Cl)c1ncn[nH]1. The van der Waals surface area contributed by atoms with Gasteiger partial charge in [-0.1, -0.05) is 17.7 Å². The van der Waals surface area contributed by atoms with Gasteiger partial charge in [-0.2, -0.15) is 5.10 Å². The number of benzene rings is 1. The summed E-state index contributed by atoms with van der Waals surface area (Å²) in [5, 5.41) is 6.26. The monoisotopic (exact) mass is 239 g/mol. The van der Waals surface area contributed by atoms with E-state index in [1.165, 1.54) is 24.5 Å². The maximum Gasteiger partial charge on any atom is 0.203 e. The summed E-state index contributed by atoms with van der Waals surface area (Å²) in [5.74, 6) is -0.507. The van der Waals surface area contributed by atoms with Crippen molar-refractivity contribution >= 4 is 17.4 Å². The summed E-state index contributed by atoms with van der Waals surface area (Å²) in [5.41, 5.74) is 0.560. The van der Waals surface area contributed by atoms with E-state index in [1.54, 1.807) is 0 Å². The number of carbonyl (C=O) groups is 1. The standard InChI is InChI=1S/C10H7ClFN3O/c11-8-4-7(12)2-1-6(8)3-9(16)10-13-5-14-15-10/h1-2,4-5H,3H2,(H,13,14,15). The van der Waals surface area contributed by atoms with E-state index >= 15 is 0 Å². The van der Waals surface area contributed by atoms with Crippen molar-refractivity contribution in [3.8, 4) is 0 Å². The molecule has 1 heterocycles. The van der Waals surface area contributed by atoms with Crippen LogP contribution in [0.4, 0.5) is 4.39 Å². The summed E-state index contributed by atoms with van der Waals surface area (Å²) in [6.45, 7) is 0. The number of rotatable bonds is 3. The van der Waals surface area contributed by atoms with Crippen LogP contribution >= 0.6 is 11.6 Å². The fourth-order valence-electron chi connectivity index (χ4n) is 1.26. The van der Waals surface area contributed by atoms with Crippen LogP contribution in [0.1, 0.15) is 16.2 Å². The summed E-state index contributed by atoms with van der Waals surface area (Å²) in [4.78, 5) is 15.4. The molecule has 0 aliphatic rings. The van der Waals surface area contributed by atoms with Gasteiger partial charge in [-0.15, -0.1) is 0 Å². The Kier molecular flexibility index (Phi) is 2.96. The molecule has 0 saturated heterocycles. The first kappa shape index (κ1) is 10.8. The number of nitrogens with zero attached hydrogens (tertiary/aromatic N) is 2.